The first-order chi connectivity index (χ1) is 10.1. The summed E-state index contributed by atoms with van der Waals surface area (Å²) in [5.41, 5.74) is 1.83. The molecule has 6 heteroatoms. The molecule has 0 bridgehead atoms. The van der Waals surface area contributed by atoms with Crippen molar-refractivity contribution in [1.82, 2.24) is 0 Å². The summed E-state index contributed by atoms with van der Waals surface area (Å²) in [6, 6.07) is 5.23. The average molecular weight is 293 g/mol. The molecule has 1 saturated heterocycles. The van der Waals surface area contributed by atoms with Gasteiger partial charge in [-0.25, -0.2) is 0 Å². The summed E-state index contributed by atoms with van der Waals surface area (Å²) in [5, 5.41) is 14.3. The Morgan fingerprint density at radius 2 is 2.29 bits per heavy atom. The highest BCUT2D eigenvalue weighted by atomic mass is 16.6. The Morgan fingerprint density at radius 3 is 2.95 bits per heavy atom. The third-order valence-electron chi connectivity index (χ3n) is 3.77. The van der Waals surface area contributed by atoms with Crippen molar-refractivity contribution in [2.75, 3.05) is 37.0 Å². The van der Waals surface area contributed by atoms with Crippen LogP contribution in [0, 0.1) is 10.1 Å². The molecule has 0 aliphatic carbocycles. The molecular weight excluding hydrogens is 270 g/mol. The molecular formula is C15H23N3O3. The van der Waals surface area contributed by atoms with Gasteiger partial charge >= 0.3 is 0 Å². The van der Waals surface area contributed by atoms with Crippen molar-refractivity contribution in [2.45, 2.75) is 32.3 Å². The molecule has 2 rings (SSSR count). The molecule has 0 saturated carbocycles. The zero-order valence-electron chi connectivity index (χ0n) is 12.7. The first-order valence-corrected chi connectivity index (χ1v) is 7.45. The van der Waals surface area contributed by atoms with Crippen LogP contribution in [0.3, 0.4) is 0 Å². The van der Waals surface area contributed by atoms with Gasteiger partial charge in [0.25, 0.3) is 5.69 Å². The largest absolute Gasteiger partial charge is 0.385 e. The van der Waals surface area contributed by atoms with Gasteiger partial charge in [-0.3, -0.25) is 10.1 Å². The number of nitrogens with one attached hydrogen (secondary N) is 1. The van der Waals surface area contributed by atoms with Crippen LogP contribution in [-0.4, -0.2) is 37.8 Å². The molecule has 1 aliphatic rings. The van der Waals surface area contributed by atoms with Crippen LogP contribution in [-0.2, 0) is 4.74 Å². The van der Waals surface area contributed by atoms with Crippen LogP contribution < -0.4 is 10.2 Å². The molecule has 0 spiro atoms. The Balaban J connectivity index is 2.24. The summed E-state index contributed by atoms with van der Waals surface area (Å²) in [4.78, 5) is 13.0. The zero-order chi connectivity index (χ0) is 15.2. The number of rotatable bonds is 6. The fraction of sp³-hybridized carbons (Fsp3) is 0.600. The van der Waals surface area contributed by atoms with E-state index in [1.807, 2.05) is 6.07 Å². The number of methoxy groups -OCH3 is 1. The summed E-state index contributed by atoms with van der Waals surface area (Å²) < 4.78 is 5.42. The maximum absolute atomic E-state index is 11.1. The standard InChI is InChI=1S/C15H23N3O3/c1-3-6-16-12-8-13(10-14(9-12)18(19)20)17-7-4-5-15(11-17)21-2/h8-10,15-16H,3-7,11H2,1-2H3. The minimum absolute atomic E-state index is 0.130. The highest BCUT2D eigenvalue weighted by Crippen LogP contribution is 2.29. The predicted molar refractivity (Wildman–Crippen MR) is 84.1 cm³/mol. The highest BCUT2D eigenvalue weighted by Gasteiger charge is 2.21. The number of nitrogens with zero attached hydrogens (tertiary/aromatic N) is 2. The van der Waals surface area contributed by atoms with Gasteiger partial charge in [-0.15, -0.1) is 0 Å². The van der Waals surface area contributed by atoms with E-state index in [4.69, 9.17) is 4.74 Å². The van der Waals surface area contributed by atoms with Gasteiger partial charge in [0.15, 0.2) is 0 Å². The molecule has 0 amide bonds. The average Bonchev–Trinajstić information content (AvgIpc) is 2.52. The molecule has 6 nitrogen and oxygen atoms in total. The quantitative estimate of drug-likeness (QED) is 0.645. The van der Waals surface area contributed by atoms with Gasteiger partial charge in [0, 0.05) is 50.3 Å². The Labute approximate surface area is 125 Å². The lowest BCUT2D eigenvalue weighted by molar-refractivity contribution is -0.384. The summed E-state index contributed by atoms with van der Waals surface area (Å²) in [6.45, 7) is 4.57. The Bertz CT molecular complexity index is 493. The number of benzene rings is 1. The maximum Gasteiger partial charge on any atom is 0.273 e. The lowest BCUT2D eigenvalue weighted by atomic mass is 10.1. The van der Waals surface area contributed by atoms with Crippen molar-refractivity contribution < 1.29 is 9.66 Å². The fourth-order valence-electron chi connectivity index (χ4n) is 2.62. The SMILES string of the molecule is CCCNc1cc(N2CCCC(OC)C2)cc([N+](=O)[O-])c1. The molecule has 0 aromatic heterocycles. The summed E-state index contributed by atoms with van der Waals surface area (Å²) >= 11 is 0. The van der Waals surface area contributed by atoms with Crippen LogP contribution >= 0.6 is 0 Å². The zero-order valence-corrected chi connectivity index (χ0v) is 12.7. The van der Waals surface area contributed by atoms with E-state index in [-0.39, 0.29) is 16.7 Å². The number of ether oxygens (including phenoxy) is 1. The van der Waals surface area contributed by atoms with E-state index in [1.54, 1.807) is 19.2 Å². The third kappa shape index (κ3) is 4.07. The lowest BCUT2D eigenvalue weighted by Gasteiger charge is -2.33. The molecule has 1 aromatic rings. The van der Waals surface area contributed by atoms with E-state index < -0.39 is 0 Å². The molecule has 1 heterocycles. The van der Waals surface area contributed by atoms with E-state index in [0.717, 1.165) is 50.3 Å². The summed E-state index contributed by atoms with van der Waals surface area (Å²) in [7, 11) is 1.72. The monoisotopic (exact) mass is 293 g/mol. The number of hydrogen-bond donors (Lipinski definition) is 1. The molecule has 1 atom stereocenters. The second-order valence-corrected chi connectivity index (χ2v) is 5.37. The Morgan fingerprint density at radius 1 is 1.48 bits per heavy atom. The van der Waals surface area contributed by atoms with E-state index in [2.05, 4.69) is 17.1 Å². The molecule has 0 radical (unpaired) electrons. The van der Waals surface area contributed by atoms with Crippen molar-refractivity contribution >= 4 is 17.1 Å². The van der Waals surface area contributed by atoms with Crippen LogP contribution in [0.15, 0.2) is 18.2 Å². The van der Waals surface area contributed by atoms with Crippen molar-refractivity contribution in [3.8, 4) is 0 Å². The number of anilines is 2. The molecule has 1 N–H and O–H groups in total. The van der Waals surface area contributed by atoms with Crippen LogP contribution in [0.2, 0.25) is 0 Å². The third-order valence-corrected chi connectivity index (χ3v) is 3.77. The number of piperidine rings is 1. The Hall–Kier alpha value is -1.82. The van der Waals surface area contributed by atoms with E-state index >= 15 is 0 Å². The van der Waals surface area contributed by atoms with Gasteiger partial charge in [-0.1, -0.05) is 6.92 Å². The first kappa shape index (κ1) is 15.6. The number of nitro benzene ring substituents is 1. The maximum atomic E-state index is 11.1. The molecule has 1 aliphatic heterocycles. The smallest absolute Gasteiger partial charge is 0.273 e. The van der Waals surface area contributed by atoms with Gasteiger partial charge in [0.2, 0.25) is 0 Å². The van der Waals surface area contributed by atoms with Crippen molar-refractivity contribution in [2.24, 2.45) is 0 Å². The van der Waals surface area contributed by atoms with Crippen LogP contribution in [0.1, 0.15) is 26.2 Å². The van der Waals surface area contributed by atoms with Gasteiger partial charge in [-0.05, 0) is 25.3 Å². The molecule has 1 aromatic carbocycles. The van der Waals surface area contributed by atoms with Crippen molar-refractivity contribution in [1.29, 1.82) is 0 Å². The van der Waals surface area contributed by atoms with Crippen molar-refractivity contribution in [3.63, 3.8) is 0 Å². The normalized spacial score (nSPS) is 18.6. The lowest BCUT2D eigenvalue weighted by Crippen LogP contribution is -2.39. The van der Waals surface area contributed by atoms with Gasteiger partial charge in [0.1, 0.15) is 0 Å². The Kier molecular flexibility index (Phi) is 5.38. The topological polar surface area (TPSA) is 67.6 Å². The first-order valence-electron chi connectivity index (χ1n) is 7.45. The van der Waals surface area contributed by atoms with Crippen LogP contribution in [0.4, 0.5) is 17.1 Å². The second kappa shape index (κ2) is 7.26. The van der Waals surface area contributed by atoms with Gasteiger partial charge in [0.05, 0.1) is 11.0 Å². The molecule has 116 valence electrons. The predicted octanol–water partition coefficient (Wildman–Crippen LogP) is 3.03. The minimum Gasteiger partial charge on any atom is -0.385 e. The van der Waals surface area contributed by atoms with E-state index in [1.165, 1.54) is 0 Å². The molecule has 21 heavy (non-hydrogen) atoms. The number of non-ortho nitro benzene ring substituents is 1. The highest BCUT2D eigenvalue weighted by molar-refractivity contribution is 5.64. The van der Waals surface area contributed by atoms with E-state index in [9.17, 15) is 10.1 Å². The van der Waals surface area contributed by atoms with Crippen LogP contribution in [0.25, 0.3) is 0 Å². The molecule has 1 fully saturated rings. The second-order valence-electron chi connectivity index (χ2n) is 5.37. The summed E-state index contributed by atoms with van der Waals surface area (Å²) in [5.74, 6) is 0. The number of nitro groups is 1. The molecule has 1 unspecified atom stereocenters. The summed E-state index contributed by atoms with van der Waals surface area (Å²) in [6.07, 6.45) is 3.26. The van der Waals surface area contributed by atoms with Crippen molar-refractivity contribution in [3.05, 3.63) is 28.3 Å². The van der Waals surface area contributed by atoms with E-state index in [0.29, 0.717) is 0 Å². The minimum atomic E-state index is -0.335. The van der Waals surface area contributed by atoms with Gasteiger partial charge < -0.3 is 15.0 Å². The fourth-order valence-corrected chi connectivity index (χ4v) is 2.62. The van der Waals surface area contributed by atoms with Gasteiger partial charge in [-0.2, -0.15) is 0 Å². The number of hydrogen-bond acceptors (Lipinski definition) is 5. The van der Waals surface area contributed by atoms with Crippen LogP contribution in [0.5, 0.6) is 0 Å².